The minimum Gasteiger partial charge on any atom is -0.497 e. The van der Waals surface area contributed by atoms with Gasteiger partial charge in [0.15, 0.2) is 0 Å². The standard InChI is InChI=1S/C22H20N4O2S/c1-28-20-9-7-17(8-10-20)22-25-18(15-29-22)11-21(27)23-12-16-13-24-26(14-16)19-5-3-2-4-6-19/h2-10,13-15H,11-12H2,1H3,(H,23,27). The summed E-state index contributed by atoms with van der Waals surface area (Å²) in [5.41, 5.74) is 3.70. The van der Waals surface area contributed by atoms with Crippen LogP contribution in [-0.4, -0.2) is 27.8 Å². The Hall–Kier alpha value is -3.45. The third-order valence-corrected chi connectivity index (χ3v) is 5.32. The number of aromatic nitrogens is 3. The zero-order chi connectivity index (χ0) is 20.1. The third kappa shape index (κ3) is 4.70. The third-order valence-electron chi connectivity index (χ3n) is 4.38. The quantitative estimate of drug-likeness (QED) is 0.508. The van der Waals surface area contributed by atoms with Gasteiger partial charge in [-0.05, 0) is 36.4 Å². The average Bonchev–Trinajstić information content (AvgIpc) is 3.43. The smallest absolute Gasteiger partial charge is 0.226 e. The molecule has 1 N–H and O–H groups in total. The van der Waals surface area contributed by atoms with Crippen LogP contribution in [-0.2, 0) is 17.8 Å². The van der Waals surface area contributed by atoms with Crippen molar-refractivity contribution in [1.29, 1.82) is 0 Å². The second kappa shape index (κ2) is 8.70. The van der Waals surface area contributed by atoms with Gasteiger partial charge < -0.3 is 10.1 Å². The van der Waals surface area contributed by atoms with Crippen LogP contribution in [0.5, 0.6) is 5.75 Å². The maximum absolute atomic E-state index is 12.3. The fourth-order valence-corrected chi connectivity index (χ4v) is 3.68. The molecular formula is C22H20N4O2S. The first kappa shape index (κ1) is 18.9. The van der Waals surface area contributed by atoms with Gasteiger partial charge in [-0.2, -0.15) is 5.10 Å². The Balaban J connectivity index is 1.32. The molecule has 0 aliphatic rings. The highest BCUT2D eigenvalue weighted by Gasteiger charge is 2.10. The number of para-hydroxylation sites is 1. The second-order valence-corrected chi connectivity index (χ2v) is 7.31. The number of carbonyl (C=O) groups is 1. The number of hydrogen-bond acceptors (Lipinski definition) is 5. The van der Waals surface area contributed by atoms with E-state index in [1.165, 1.54) is 11.3 Å². The van der Waals surface area contributed by atoms with Crippen LogP contribution in [0.2, 0.25) is 0 Å². The number of thiazole rings is 1. The van der Waals surface area contributed by atoms with Crippen molar-refractivity contribution in [3.63, 3.8) is 0 Å². The number of ether oxygens (including phenoxy) is 1. The van der Waals surface area contributed by atoms with Gasteiger partial charge in [-0.3, -0.25) is 4.79 Å². The lowest BCUT2D eigenvalue weighted by Crippen LogP contribution is -2.24. The van der Waals surface area contributed by atoms with Crippen molar-refractivity contribution < 1.29 is 9.53 Å². The summed E-state index contributed by atoms with van der Waals surface area (Å²) in [7, 11) is 1.64. The lowest BCUT2D eigenvalue weighted by Gasteiger charge is -2.02. The summed E-state index contributed by atoms with van der Waals surface area (Å²) in [6.45, 7) is 0.432. The molecule has 7 heteroatoms. The Morgan fingerprint density at radius 3 is 2.69 bits per heavy atom. The highest BCUT2D eigenvalue weighted by molar-refractivity contribution is 7.13. The van der Waals surface area contributed by atoms with Crippen molar-refractivity contribution in [3.8, 4) is 22.0 Å². The first-order chi connectivity index (χ1) is 14.2. The molecule has 0 aliphatic heterocycles. The van der Waals surface area contributed by atoms with Crippen LogP contribution in [0.3, 0.4) is 0 Å². The van der Waals surface area contributed by atoms with E-state index in [1.54, 1.807) is 18.0 Å². The molecule has 0 radical (unpaired) electrons. The monoisotopic (exact) mass is 404 g/mol. The predicted octanol–water partition coefficient (Wildman–Crippen LogP) is 3.86. The molecule has 0 spiro atoms. The maximum Gasteiger partial charge on any atom is 0.226 e. The van der Waals surface area contributed by atoms with Crippen molar-refractivity contribution in [3.05, 3.63) is 83.6 Å². The van der Waals surface area contributed by atoms with Gasteiger partial charge in [0.2, 0.25) is 5.91 Å². The van der Waals surface area contributed by atoms with E-state index in [4.69, 9.17) is 4.74 Å². The zero-order valence-electron chi connectivity index (χ0n) is 15.9. The number of rotatable bonds is 7. The van der Waals surface area contributed by atoms with Crippen molar-refractivity contribution in [2.45, 2.75) is 13.0 Å². The molecule has 146 valence electrons. The summed E-state index contributed by atoms with van der Waals surface area (Å²) in [5.74, 6) is 0.740. The van der Waals surface area contributed by atoms with Crippen molar-refractivity contribution >= 4 is 17.2 Å². The van der Waals surface area contributed by atoms with E-state index in [9.17, 15) is 4.79 Å². The molecule has 1 amide bonds. The number of methoxy groups -OCH3 is 1. The number of nitrogens with zero attached hydrogens (tertiary/aromatic N) is 3. The largest absolute Gasteiger partial charge is 0.497 e. The van der Waals surface area contributed by atoms with Crippen LogP contribution >= 0.6 is 11.3 Å². The molecule has 0 atom stereocenters. The van der Waals surface area contributed by atoms with Crippen LogP contribution in [0.15, 0.2) is 72.4 Å². The lowest BCUT2D eigenvalue weighted by molar-refractivity contribution is -0.120. The van der Waals surface area contributed by atoms with Gasteiger partial charge in [0, 0.05) is 29.2 Å². The summed E-state index contributed by atoms with van der Waals surface area (Å²) >= 11 is 1.53. The molecule has 0 unspecified atom stereocenters. The average molecular weight is 404 g/mol. The Morgan fingerprint density at radius 1 is 1.14 bits per heavy atom. The minimum absolute atomic E-state index is 0.0657. The van der Waals surface area contributed by atoms with Crippen LogP contribution in [0.4, 0.5) is 0 Å². The number of nitrogens with one attached hydrogen (secondary N) is 1. The van der Waals surface area contributed by atoms with Gasteiger partial charge in [0.25, 0.3) is 0 Å². The van der Waals surface area contributed by atoms with Gasteiger partial charge in [0.1, 0.15) is 10.8 Å². The molecule has 0 aliphatic carbocycles. The Labute approximate surface area is 172 Å². The highest BCUT2D eigenvalue weighted by atomic mass is 32.1. The van der Waals surface area contributed by atoms with Gasteiger partial charge in [-0.25, -0.2) is 9.67 Å². The van der Waals surface area contributed by atoms with Crippen molar-refractivity contribution in [2.24, 2.45) is 0 Å². The minimum atomic E-state index is -0.0657. The van der Waals surface area contributed by atoms with E-state index in [0.717, 1.165) is 33.3 Å². The van der Waals surface area contributed by atoms with Crippen molar-refractivity contribution in [2.75, 3.05) is 7.11 Å². The summed E-state index contributed by atoms with van der Waals surface area (Å²) in [6, 6.07) is 17.6. The fourth-order valence-electron chi connectivity index (χ4n) is 2.86. The fraction of sp³-hybridized carbons (Fsp3) is 0.136. The number of carbonyl (C=O) groups excluding carboxylic acids is 1. The maximum atomic E-state index is 12.3. The summed E-state index contributed by atoms with van der Waals surface area (Å²) in [6.07, 6.45) is 3.93. The van der Waals surface area contributed by atoms with E-state index in [1.807, 2.05) is 66.2 Å². The summed E-state index contributed by atoms with van der Waals surface area (Å²) in [4.78, 5) is 16.9. The van der Waals surface area contributed by atoms with Crippen LogP contribution < -0.4 is 10.1 Å². The second-order valence-electron chi connectivity index (χ2n) is 6.45. The normalized spacial score (nSPS) is 10.7. The molecule has 2 aromatic heterocycles. The molecule has 2 heterocycles. The number of benzene rings is 2. The number of amides is 1. The molecule has 29 heavy (non-hydrogen) atoms. The highest BCUT2D eigenvalue weighted by Crippen LogP contribution is 2.25. The lowest BCUT2D eigenvalue weighted by atomic mass is 10.2. The first-order valence-electron chi connectivity index (χ1n) is 9.16. The molecule has 4 aromatic rings. The van der Waals surface area contributed by atoms with E-state index in [0.29, 0.717) is 6.54 Å². The zero-order valence-corrected chi connectivity index (χ0v) is 16.7. The molecule has 0 saturated carbocycles. The molecule has 0 fully saturated rings. The molecule has 2 aromatic carbocycles. The van der Waals surface area contributed by atoms with Crippen molar-refractivity contribution in [1.82, 2.24) is 20.1 Å². The molecular weight excluding hydrogens is 384 g/mol. The van der Waals surface area contributed by atoms with Gasteiger partial charge >= 0.3 is 0 Å². The first-order valence-corrected chi connectivity index (χ1v) is 10.0. The van der Waals surface area contributed by atoms with Gasteiger partial charge in [0.05, 0.1) is 31.1 Å². The van der Waals surface area contributed by atoms with Crippen LogP contribution in [0.25, 0.3) is 16.3 Å². The Kier molecular flexibility index (Phi) is 5.67. The molecule has 0 bridgehead atoms. The van der Waals surface area contributed by atoms with Crippen LogP contribution in [0.1, 0.15) is 11.3 Å². The van der Waals surface area contributed by atoms with Gasteiger partial charge in [-0.15, -0.1) is 11.3 Å². The molecule has 0 saturated heterocycles. The molecule has 6 nitrogen and oxygen atoms in total. The van der Waals surface area contributed by atoms with E-state index in [-0.39, 0.29) is 12.3 Å². The Morgan fingerprint density at radius 2 is 1.93 bits per heavy atom. The topological polar surface area (TPSA) is 69.0 Å². The Bertz CT molecular complexity index is 1090. The van der Waals surface area contributed by atoms with E-state index < -0.39 is 0 Å². The van der Waals surface area contributed by atoms with Gasteiger partial charge in [-0.1, -0.05) is 18.2 Å². The van der Waals surface area contributed by atoms with Crippen LogP contribution in [0, 0.1) is 0 Å². The summed E-state index contributed by atoms with van der Waals surface area (Å²) < 4.78 is 6.97. The SMILES string of the molecule is COc1ccc(-c2nc(CC(=O)NCc3cnn(-c4ccccc4)c3)cs2)cc1. The summed E-state index contributed by atoms with van der Waals surface area (Å²) in [5, 5.41) is 10.1. The van der Waals surface area contributed by atoms with E-state index in [2.05, 4.69) is 15.4 Å². The van der Waals surface area contributed by atoms with E-state index >= 15 is 0 Å². The molecule has 4 rings (SSSR count). The number of hydrogen-bond donors (Lipinski definition) is 1. The predicted molar refractivity (Wildman–Crippen MR) is 113 cm³/mol.